The molecule has 0 aromatic heterocycles. The molecular formula is C10H17F5O2Si. The minimum Gasteiger partial charge on any atom is -0.354 e. The van der Waals surface area contributed by atoms with E-state index in [9.17, 15) is 27.1 Å². The second-order valence-electron chi connectivity index (χ2n) is 6.27. The first-order chi connectivity index (χ1) is 7.57. The first kappa shape index (κ1) is 15.8. The van der Waals surface area contributed by atoms with Crippen LogP contribution in [0.5, 0.6) is 0 Å². The molecular weight excluding hydrogens is 275 g/mol. The molecule has 0 saturated carbocycles. The molecule has 0 bridgehead atoms. The highest BCUT2D eigenvalue weighted by Gasteiger charge is 2.82. The lowest BCUT2D eigenvalue weighted by molar-refractivity contribution is -0.411. The Balaban J connectivity index is 3.43. The highest BCUT2D eigenvalue weighted by atomic mass is 28.3. The maximum Gasteiger partial charge on any atom is 0.449 e. The van der Waals surface area contributed by atoms with Gasteiger partial charge in [0.2, 0.25) is 0 Å². The molecule has 1 rings (SSSR count). The van der Waals surface area contributed by atoms with Gasteiger partial charge in [-0.15, -0.1) is 0 Å². The monoisotopic (exact) mass is 292 g/mol. The lowest BCUT2D eigenvalue weighted by atomic mass is 9.99. The molecule has 2 unspecified atom stereocenters. The quantitative estimate of drug-likeness (QED) is 0.593. The van der Waals surface area contributed by atoms with Gasteiger partial charge in [-0.1, -0.05) is 19.6 Å². The van der Waals surface area contributed by atoms with Crippen LogP contribution in [0.4, 0.5) is 22.0 Å². The molecule has 8 heteroatoms. The van der Waals surface area contributed by atoms with E-state index in [1.165, 1.54) is 19.6 Å². The summed E-state index contributed by atoms with van der Waals surface area (Å²) in [6.07, 6.45) is -5.54. The lowest BCUT2D eigenvalue weighted by Gasteiger charge is -2.37. The number of ether oxygens (including phenoxy) is 1. The van der Waals surface area contributed by atoms with Crippen molar-refractivity contribution in [3.63, 3.8) is 0 Å². The zero-order valence-corrected chi connectivity index (χ0v) is 11.8. The molecule has 1 heterocycles. The van der Waals surface area contributed by atoms with Crippen LogP contribution in [0, 0.1) is 0 Å². The summed E-state index contributed by atoms with van der Waals surface area (Å²) in [6.45, 7) is 6.90. The van der Waals surface area contributed by atoms with Gasteiger partial charge in [-0.2, -0.15) is 13.2 Å². The van der Waals surface area contributed by atoms with Gasteiger partial charge in [0.05, 0.1) is 19.2 Å². The number of alkyl halides is 5. The van der Waals surface area contributed by atoms with E-state index in [4.69, 9.17) is 0 Å². The molecule has 1 saturated heterocycles. The number of rotatable bonds is 1. The van der Waals surface area contributed by atoms with Crippen molar-refractivity contribution in [2.45, 2.75) is 62.5 Å². The maximum atomic E-state index is 14.1. The van der Waals surface area contributed by atoms with Crippen molar-refractivity contribution in [2.75, 3.05) is 0 Å². The molecule has 0 radical (unpaired) electrons. The largest absolute Gasteiger partial charge is 0.449 e. The molecule has 108 valence electrons. The fourth-order valence-corrected chi connectivity index (χ4v) is 6.40. The molecule has 1 aliphatic heterocycles. The van der Waals surface area contributed by atoms with Crippen LogP contribution in [0.1, 0.15) is 13.8 Å². The summed E-state index contributed by atoms with van der Waals surface area (Å²) in [7, 11) is -2.70. The fourth-order valence-electron chi connectivity index (χ4n) is 2.97. The van der Waals surface area contributed by atoms with Gasteiger partial charge in [0.25, 0.3) is 0 Å². The molecule has 0 aromatic carbocycles. The molecule has 1 N–H and O–H groups in total. The number of hydrogen-bond donors (Lipinski definition) is 1. The Morgan fingerprint density at radius 2 is 1.50 bits per heavy atom. The maximum absolute atomic E-state index is 14.1. The molecule has 0 amide bonds. The van der Waals surface area contributed by atoms with Crippen LogP contribution in [0.25, 0.3) is 0 Å². The summed E-state index contributed by atoms with van der Waals surface area (Å²) >= 11 is 0. The SMILES string of the molecule is CC1(C)OC(O)(C(F)(F)F)C(F)(F)C1[Si](C)(C)C. The minimum atomic E-state index is -5.54. The molecule has 18 heavy (non-hydrogen) atoms. The zero-order valence-electron chi connectivity index (χ0n) is 10.8. The molecule has 0 spiro atoms. The number of halogens is 5. The summed E-state index contributed by atoms with van der Waals surface area (Å²) in [5.74, 6) is -8.77. The van der Waals surface area contributed by atoms with Crippen LogP contribution in [0.15, 0.2) is 0 Å². The van der Waals surface area contributed by atoms with Gasteiger partial charge in [-0.25, -0.2) is 8.78 Å². The van der Waals surface area contributed by atoms with Gasteiger partial charge in [0.1, 0.15) is 0 Å². The smallest absolute Gasteiger partial charge is 0.354 e. The molecule has 0 aliphatic carbocycles. The van der Waals surface area contributed by atoms with E-state index < -0.39 is 37.1 Å². The van der Waals surface area contributed by atoms with Crippen molar-refractivity contribution in [3.05, 3.63) is 0 Å². The Kier molecular flexibility index (Phi) is 3.23. The average molecular weight is 292 g/mol. The van der Waals surface area contributed by atoms with Crippen molar-refractivity contribution in [1.82, 2.24) is 0 Å². The van der Waals surface area contributed by atoms with E-state index in [1.807, 2.05) is 0 Å². The second-order valence-corrected chi connectivity index (χ2v) is 11.6. The highest BCUT2D eigenvalue weighted by molar-refractivity contribution is 6.78. The summed E-state index contributed by atoms with van der Waals surface area (Å²) < 4.78 is 70.7. The van der Waals surface area contributed by atoms with Crippen LogP contribution in [0.3, 0.4) is 0 Å². The van der Waals surface area contributed by atoms with Crippen LogP contribution in [-0.4, -0.2) is 36.7 Å². The topological polar surface area (TPSA) is 29.5 Å². The standard InChI is InChI=1S/C10H17F5O2Si/c1-7(2)6(18(3,4)5)8(11,12)9(16,17-7)10(13,14)15/h6,16H,1-5H3. The molecule has 0 aromatic rings. The fraction of sp³-hybridized carbons (Fsp3) is 1.00. The van der Waals surface area contributed by atoms with Crippen molar-refractivity contribution in [3.8, 4) is 0 Å². The molecule has 1 aliphatic rings. The van der Waals surface area contributed by atoms with Crippen LogP contribution in [0.2, 0.25) is 25.2 Å². The Hall–Kier alpha value is -0.213. The van der Waals surface area contributed by atoms with E-state index >= 15 is 0 Å². The van der Waals surface area contributed by atoms with Gasteiger partial charge in [-0.3, -0.25) is 0 Å². The van der Waals surface area contributed by atoms with Crippen LogP contribution in [-0.2, 0) is 4.74 Å². The van der Waals surface area contributed by atoms with E-state index in [0.717, 1.165) is 13.8 Å². The molecule has 2 atom stereocenters. The lowest BCUT2D eigenvalue weighted by Crippen LogP contribution is -2.59. The van der Waals surface area contributed by atoms with Crippen molar-refractivity contribution < 1.29 is 31.8 Å². The van der Waals surface area contributed by atoms with E-state index in [1.54, 1.807) is 0 Å². The highest BCUT2D eigenvalue weighted by Crippen LogP contribution is 2.63. The summed E-state index contributed by atoms with van der Waals surface area (Å²) in [4.78, 5) is 0. The Morgan fingerprint density at radius 1 is 1.11 bits per heavy atom. The van der Waals surface area contributed by atoms with E-state index in [-0.39, 0.29) is 0 Å². The third-order valence-electron chi connectivity index (χ3n) is 3.17. The summed E-state index contributed by atoms with van der Waals surface area (Å²) in [5, 5.41) is 9.35. The first-order valence-corrected chi connectivity index (χ1v) is 9.02. The van der Waals surface area contributed by atoms with Crippen LogP contribution < -0.4 is 0 Å². The van der Waals surface area contributed by atoms with Gasteiger partial charge in [-0.05, 0) is 13.8 Å². The predicted molar refractivity (Wildman–Crippen MR) is 58.2 cm³/mol. The Labute approximate surface area is 103 Å². The van der Waals surface area contributed by atoms with E-state index in [0.29, 0.717) is 0 Å². The predicted octanol–water partition coefficient (Wildman–Crippen LogP) is 3.39. The minimum absolute atomic E-state index is 1.16. The van der Waals surface area contributed by atoms with E-state index in [2.05, 4.69) is 4.74 Å². The average Bonchev–Trinajstić information content (AvgIpc) is 2.09. The van der Waals surface area contributed by atoms with Gasteiger partial charge in [0, 0.05) is 0 Å². The van der Waals surface area contributed by atoms with Crippen molar-refractivity contribution >= 4 is 8.07 Å². The summed E-state index contributed by atoms with van der Waals surface area (Å²) in [6, 6.07) is 0. The Bertz CT molecular complexity index is 347. The summed E-state index contributed by atoms with van der Waals surface area (Å²) in [5.41, 5.74) is -3.37. The third-order valence-corrected chi connectivity index (χ3v) is 5.96. The van der Waals surface area contributed by atoms with Crippen molar-refractivity contribution in [2.24, 2.45) is 0 Å². The van der Waals surface area contributed by atoms with Gasteiger partial charge in [0.15, 0.2) is 0 Å². The first-order valence-electron chi connectivity index (χ1n) is 5.44. The third kappa shape index (κ3) is 1.98. The molecule has 2 nitrogen and oxygen atoms in total. The van der Waals surface area contributed by atoms with Gasteiger partial charge < -0.3 is 9.84 Å². The van der Waals surface area contributed by atoms with Crippen molar-refractivity contribution in [1.29, 1.82) is 0 Å². The van der Waals surface area contributed by atoms with Crippen LogP contribution >= 0.6 is 0 Å². The normalized spacial score (nSPS) is 35.8. The Morgan fingerprint density at radius 3 is 1.67 bits per heavy atom. The number of aliphatic hydroxyl groups is 1. The molecule has 1 fully saturated rings. The van der Waals surface area contributed by atoms with Gasteiger partial charge >= 0.3 is 17.9 Å². The number of hydrogen-bond acceptors (Lipinski definition) is 2. The second kappa shape index (κ2) is 3.66. The zero-order chi connectivity index (χ0) is 14.8.